The molecule has 0 unspecified atom stereocenters. The lowest BCUT2D eigenvalue weighted by Crippen LogP contribution is -2.27. The van der Waals surface area contributed by atoms with Gasteiger partial charge in [-0.25, -0.2) is 4.68 Å². The molecule has 0 fully saturated rings. The minimum atomic E-state index is -0.109. The molecule has 0 spiro atoms. The van der Waals surface area contributed by atoms with Gasteiger partial charge in [-0.15, -0.1) is 11.8 Å². The summed E-state index contributed by atoms with van der Waals surface area (Å²) in [7, 11) is 1.82. The van der Waals surface area contributed by atoms with Crippen LogP contribution in [0.2, 0.25) is 0 Å². The lowest BCUT2D eigenvalue weighted by molar-refractivity contribution is -0.127. The molecule has 7 heteroatoms. The van der Waals surface area contributed by atoms with E-state index in [1.807, 2.05) is 103 Å². The number of anilines is 1. The first-order valence-electron chi connectivity index (χ1n) is 10.9. The second kappa shape index (κ2) is 10.9. The summed E-state index contributed by atoms with van der Waals surface area (Å²) in [5.74, 6) is 0.244. The topological polar surface area (TPSA) is 67.2 Å². The minimum Gasteiger partial charge on any atom is -0.341 e. The maximum Gasteiger partial charge on any atom is 0.232 e. The Balaban J connectivity index is 1.46. The van der Waals surface area contributed by atoms with Crippen LogP contribution in [-0.4, -0.2) is 39.3 Å². The molecule has 172 valence electrons. The average molecular weight is 471 g/mol. The number of para-hydroxylation sites is 1. The number of aromatic nitrogens is 2. The van der Waals surface area contributed by atoms with Crippen molar-refractivity contribution < 1.29 is 9.59 Å². The van der Waals surface area contributed by atoms with E-state index >= 15 is 0 Å². The zero-order valence-corrected chi connectivity index (χ0v) is 20.0. The lowest BCUT2D eigenvalue weighted by atomic mass is 10.1. The van der Waals surface area contributed by atoms with Crippen LogP contribution in [-0.2, 0) is 16.1 Å². The van der Waals surface area contributed by atoms with Gasteiger partial charge in [-0.1, -0.05) is 48.5 Å². The fourth-order valence-electron chi connectivity index (χ4n) is 3.51. The van der Waals surface area contributed by atoms with Crippen LogP contribution in [0, 0.1) is 0 Å². The normalized spacial score (nSPS) is 10.6. The van der Waals surface area contributed by atoms with Crippen LogP contribution in [0.3, 0.4) is 0 Å². The third-order valence-corrected chi connectivity index (χ3v) is 6.23. The quantitative estimate of drug-likeness (QED) is 0.357. The van der Waals surface area contributed by atoms with Gasteiger partial charge >= 0.3 is 0 Å². The second-order valence-electron chi connectivity index (χ2n) is 7.89. The molecule has 4 aromatic rings. The van der Waals surface area contributed by atoms with Crippen molar-refractivity contribution in [3.63, 3.8) is 0 Å². The number of nitrogens with zero attached hydrogens (tertiary/aromatic N) is 3. The molecule has 0 radical (unpaired) electrons. The van der Waals surface area contributed by atoms with Crippen molar-refractivity contribution in [2.45, 2.75) is 18.4 Å². The van der Waals surface area contributed by atoms with Crippen molar-refractivity contribution in [2.75, 3.05) is 18.1 Å². The smallest absolute Gasteiger partial charge is 0.232 e. The Hall–Kier alpha value is -3.84. The predicted octanol–water partition coefficient (Wildman–Crippen LogP) is 5.25. The van der Waals surface area contributed by atoms with Gasteiger partial charge in [0.1, 0.15) is 0 Å². The molecule has 0 saturated carbocycles. The molecular weight excluding hydrogens is 444 g/mol. The third kappa shape index (κ3) is 5.94. The van der Waals surface area contributed by atoms with Gasteiger partial charge in [0.05, 0.1) is 17.1 Å². The van der Waals surface area contributed by atoms with Gasteiger partial charge in [-0.2, -0.15) is 5.10 Å². The molecule has 3 aromatic carbocycles. The van der Waals surface area contributed by atoms with Crippen molar-refractivity contribution in [2.24, 2.45) is 0 Å². The van der Waals surface area contributed by atoms with Crippen LogP contribution in [0.1, 0.15) is 12.5 Å². The molecule has 0 bridgehead atoms. The number of benzene rings is 3. The number of nitrogens with one attached hydrogen (secondary N) is 1. The van der Waals surface area contributed by atoms with Crippen LogP contribution in [0.4, 0.5) is 5.69 Å². The monoisotopic (exact) mass is 470 g/mol. The predicted molar refractivity (Wildman–Crippen MR) is 137 cm³/mol. The summed E-state index contributed by atoms with van der Waals surface area (Å²) < 4.78 is 1.86. The first kappa shape index (κ1) is 23.3. The summed E-state index contributed by atoms with van der Waals surface area (Å²) in [6.45, 7) is 1.93. The number of amides is 2. The third-order valence-electron chi connectivity index (χ3n) is 5.23. The Bertz CT molecular complexity index is 1260. The lowest BCUT2D eigenvalue weighted by Gasteiger charge is -2.17. The van der Waals surface area contributed by atoms with Crippen molar-refractivity contribution in [3.8, 4) is 16.9 Å². The van der Waals surface area contributed by atoms with Gasteiger partial charge < -0.3 is 10.2 Å². The van der Waals surface area contributed by atoms with Crippen molar-refractivity contribution >= 4 is 29.3 Å². The molecule has 0 aliphatic carbocycles. The molecule has 2 amide bonds. The SMILES string of the molecule is CC(=O)Nc1ccc(SCC(=O)N(C)Cc2cn(-c3ccccc3)nc2-c2ccccc2)cc1. The summed E-state index contributed by atoms with van der Waals surface area (Å²) in [4.78, 5) is 26.7. The number of hydrogen-bond acceptors (Lipinski definition) is 4. The fraction of sp³-hybridized carbons (Fsp3) is 0.148. The average Bonchev–Trinajstić information content (AvgIpc) is 3.28. The Kier molecular flexibility index (Phi) is 7.44. The maximum atomic E-state index is 12.9. The number of carbonyl (C=O) groups excluding carboxylic acids is 2. The van der Waals surface area contributed by atoms with Crippen molar-refractivity contribution in [3.05, 3.63) is 96.7 Å². The molecule has 0 atom stereocenters. The summed E-state index contributed by atoms with van der Waals surface area (Å²) in [5.41, 5.74) is 4.57. The second-order valence-corrected chi connectivity index (χ2v) is 8.94. The van der Waals surface area contributed by atoms with Crippen LogP contribution in [0.15, 0.2) is 96.0 Å². The van der Waals surface area contributed by atoms with E-state index in [0.717, 1.165) is 33.1 Å². The Morgan fingerprint density at radius 1 is 0.941 bits per heavy atom. The van der Waals surface area contributed by atoms with Gasteiger partial charge in [0.2, 0.25) is 11.8 Å². The zero-order valence-electron chi connectivity index (χ0n) is 19.1. The molecule has 1 N–H and O–H groups in total. The summed E-state index contributed by atoms with van der Waals surface area (Å²) in [5, 5.41) is 7.57. The summed E-state index contributed by atoms with van der Waals surface area (Å²) >= 11 is 1.47. The maximum absolute atomic E-state index is 12.9. The Morgan fingerprint density at radius 3 is 2.24 bits per heavy atom. The molecule has 0 saturated heterocycles. The van der Waals surface area contributed by atoms with Crippen molar-refractivity contribution in [1.82, 2.24) is 14.7 Å². The zero-order chi connectivity index (χ0) is 23.9. The largest absolute Gasteiger partial charge is 0.341 e. The molecule has 4 rings (SSSR count). The van der Waals surface area contributed by atoms with Gasteiger partial charge in [-0.05, 0) is 36.4 Å². The van der Waals surface area contributed by atoms with E-state index in [-0.39, 0.29) is 11.8 Å². The van der Waals surface area contributed by atoms with Gasteiger partial charge in [0, 0.05) is 48.4 Å². The summed E-state index contributed by atoms with van der Waals surface area (Å²) in [6, 6.07) is 27.5. The van der Waals surface area contributed by atoms with Gasteiger partial charge in [0.25, 0.3) is 0 Å². The highest BCUT2D eigenvalue weighted by Crippen LogP contribution is 2.25. The minimum absolute atomic E-state index is 0.0300. The molecular formula is C27H26N4O2S. The molecule has 34 heavy (non-hydrogen) atoms. The van der Waals surface area contributed by atoms with Crippen LogP contribution >= 0.6 is 11.8 Å². The van der Waals surface area contributed by atoms with Crippen LogP contribution in [0.25, 0.3) is 16.9 Å². The summed E-state index contributed by atoms with van der Waals surface area (Å²) in [6.07, 6.45) is 2.00. The van der Waals surface area contributed by atoms with E-state index < -0.39 is 0 Å². The van der Waals surface area contributed by atoms with Crippen LogP contribution in [0.5, 0.6) is 0 Å². The standard InChI is InChI=1S/C27H26N4O2S/c1-20(32)28-23-13-15-25(16-14-23)34-19-26(33)30(2)17-22-18-31(24-11-7-4-8-12-24)29-27(22)21-9-5-3-6-10-21/h3-16,18H,17,19H2,1-2H3,(H,28,32). The first-order chi connectivity index (χ1) is 16.5. The number of carbonyl (C=O) groups is 2. The molecule has 1 aromatic heterocycles. The van der Waals surface area contributed by atoms with Crippen LogP contribution < -0.4 is 5.32 Å². The van der Waals surface area contributed by atoms with E-state index in [1.54, 1.807) is 4.90 Å². The highest BCUT2D eigenvalue weighted by molar-refractivity contribution is 8.00. The molecule has 1 heterocycles. The number of thioether (sulfide) groups is 1. The van der Waals surface area contributed by atoms with E-state index in [2.05, 4.69) is 5.32 Å². The van der Waals surface area contributed by atoms with Gasteiger partial charge in [0.15, 0.2) is 0 Å². The van der Waals surface area contributed by atoms with E-state index in [0.29, 0.717) is 12.3 Å². The first-order valence-corrected chi connectivity index (χ1v) is 11.9. The fourth-order valence-corrected chi connectivity index (χ4v) is 4.35. The highest BCUT2D eigenvalue weighted by atomic mass is 32.2. The van der Waals surface area contributed by atoms with E-state index in [1.165, 1.54) is 18.7 Å². The van der Waals surface area contributed by atoms with E-state index in [4.69, 9.17) is 5.10 Å². The van der Waals surface area contributed by atoms with E-state index in [9.17, 15) is 9.59 Å². The van der Waals surface area contributed by atoms with Gasteiger partial charge in [-0.3, -0.25) is 9.59 Å². The molecule has 0 aliphatic rings. The number of rotatable bonds is 8. The highest BCUT2D eigenvalue weighted by Gasteiger charge is 2.17. The molecule has 0 aliphatic heterocycles. The Labute approximate surface area is 203 Å². The molecule has 6 nitrogen and oxygen atoms in total. The van der Waals surface area contributed by atoms with Crippen molar-refractivity contribution in [1.29, 1.82) is 0 Å². The Morgan fingerprint density at radius 2 is 1.59 bits per heavy atom. The number of hydrogen-bond donors (Lipinski definition) is 1.